The van der Waals surface area contributed by atoms with Crippen LogP contribution in [0, 0.1) is 5.92 Å². The lowest BCUT2D eigenvalue weighted by Crippen LogP contribution is -2.19. The molecule has 0 saturated carbocycles. The zero-order valence-electron chi connectivity index (χ0n) is 8.87. The summed E-state index contributed by atoms with van der Waals surface area (Å²) in [5, 5.41) is 3.95. The number of nitrogens with one attached hydrogen (secondary N) is 1. The molecule has 0 bridgehead atoms. The van der Waals surface area contributed by atoms with Gasteiger partial charge in [0.05, 0.1) is 0 Å². The fourth-order valence-electron chi connectivity index (χ4n) is 0.759. The molecule has 82 valence electrons. The van der Waals surface area contributed by atoms with Crippen LogP contribution in [0.4, 0.5) is 0 Å². The average molecular weight is 273 g/mol. The van der Waals surface area contributed by atoms with Crippen LogP contribution in [0.5, 0.6) is 0 Å². The van der Waals surface area contributed by atoms with E-state index in [-0.39, 0.29) is 11.7 Å². The quantitative estimate of drug-likeness (QED) is 0.680. The van der Waals surface area contributed by atoms with E-state index >= 15 is 0 Å². The van der Waals surface area contributed by atoms with E-state index in [1.807, 2.05) is 20.8 Å². The second-order valence-corrected chi connectivity index (χ2v) is 4.23. The molecule has 0 atom stereocenters. The summed E-state index contributed by atoms with van der Waals surface area (Å²) in [5.74, 6) is 0.205. The standard InChI is InChI=1S/C10H13BrN2O2/c1-6(2)7(3)12-13-10(14)8-4-5-9(11)15-8/h4-6H,1-3H3,(H,13,14)/b12-7+. The Balaban J connectivity index is 2.61. The topological polar surface area (TPSA) is 54.6 Å². The van der Waals surface area contributed by atoms with Gasteiger partial charge in [-0.15, -0.1) is 0 Å². The molecule has 0 unspecified atom stereocenters. The Morgan fingerprint density at radius 1 is 1.53 bits per heavy atom. The Morgan fingerprint density at radius 2 is 2.20 bits per heavy atom. The number of rotatable bonds is 3. The summed E-state index contributed by atoms with van der Waals surface area (Å²) in [6, 6.07) is 3.24. The first-order valence-corrected chi connectivity index (χ1v) is 5.40. The van der Waals surface area contributed by atoms with E-state index in [1.54, 1.807) is 12.1 Å². The molecule has 0 aromatic carbocycles. The predicted molar refractivity (Wildman–Crippen MR) is 61.8 cm³/mol. The molecule has 0 spiro atoms. The molecule has 0 saturated heterocycles. The average Bonchev–Trinajstić information content (AvgIpc) is 2.60. The maximum Gasteiger partial charge on any atom is 0.307 e. The smallest absolute Gasteiger partial charge is 0.307 e. The maximum atomic E-state index is 11.5. The number of furan rings is 1. The van der Waals surface area contributed by atoms with Gasteiger partial charge >= 0.3 is 5.91 Å². The molecule has 1 rings (SSSR count). The molecular formula is C10H13BrN2O2. The summed E-state index contributed by atoms with van der Waals surface area (Å²) >= 11 is 3.12. The van der Waals surface area contributed by atoms with Gasteiger partial charge < -0.3 is 4.42 Å². The van der Waals surface area contributed by atoms with E-state index in [2.05, 4.69) is 26.5 Å². The van der Waals surface area contributed by atoms with Gasteiger partial charge in [-0.1, -0.05) is 13.8 Å². The molecule has 1 aromatic heterocycles. The van der Waals surface area contributed by atoms with Crippen LogP contribution in [0.25, 0.3) is 0 Å². The van der Waals surface area contributed by atoms with Crippen molar-refractivity contribution >= 4 is 27.5 Å². The zero-order chi connectivity index (χ0) is 11.4. The molecule has 1 aromatic rings. The normalized spacial score (nSPS) is 11.9. The first kappa shape index (κ1) is 12.0. The molecule has 0 aliphatic rings. The van der Waals surface area contributed by atoms with Gasteiger partial charge in [-0.05, 0) is 40.9 Å². The molecule has 15 heavy (non-hydrogen) atoms. The van der Waals surface area contributed by atoms with Gasteiger partial charge in [-0.25, -0.2) is 5.43 Å². The van der Waals surface area contributed by atoms with Crippen LogP contribution < -0.4 is 5.43 Å². The summed E-state index contributed by atoms with van der Waals surface area (Å²) in [5.41, 5.74) is 3.30. The zero-order valence-corrected chi connectivity index (χ0v) is 10.5. The predicted octanol–water partition coefficient (Wildman–Crippen LogP) is 2.80. The van der Waals surface area contributed by atoms with E-state index in [1.165, 1.54) is 0 Å². The second kappa shape index (κ2) is 5.11. The number of hydrogen-bond donors (Lipinski definition) is 1. The second-order valence-electron chi connectivity index (χ2n) is 3.45. The van der Waals surface area contributed by atoms with Crippen molar-refractivity contribution in [3.05, 3.63) is 22.6 Å². The lowest BCUT2D eigenvalue weighted by atomic mass is 10.1. The van der Waals surface area contributed by atoms with Crippen molar-refractivity contribution in [1.29, 1.82) is 0 Å². The summed E-state index contributed by atoms with van der Waals surface area (Å²) in [4.78, 5) is 11.5. The van der Waals surface area contributed by atoms with E-state index < -0.39 is 0 Å². The van der Waals surface area contributed by atoms with Crippen molar-refractivity contribution in [2.24, 2.45) is 11.0 Å². The van der Waals surface area contributed by atoms with Crippen molar-refractivity contribution in [3.63, 3.8) is 0 Å². The minimum atomic E-state index is -0.347. The third-order valence-electron chi connectivity index (χ3n) is 1.97. The summed E-state index contributed by atoms with van der Waals surface area (Å²) < 4.78 is 5.60. The van der Waals surface area contributed by atoms with E-state index in [4.69, 9.17) is 4.42 Å². The van der Waals surface area contributed by atoms with Crippen LogP contribution in [-0.4, -0.2) is 11.6 Å². The fraction of sp³-hybridized carbons (Fsp3) is 0.400. The van der Waals surface area contributed by atoms with Crippen LogP contribution in [0.2, 0.25) is 0 Å². The minimum Gasteiger partial charge on any atom is -0.444 e. The first-order chi connectivity index (χ1) is 7.00. The highest BCUT2D eigenvalue weighted by molar-refractivity contribution is 9.10. The molecule has 5 heteroatoms. The minimum absolute atomic E-state index is 0.238. The molecule has 1 amide bonds. The number of hydrogen-bond acceptors (Lipinski definition) is 3. The largest absolute Gasteiger partial charge is 0.444 e. The van der Waals surface area contributed by atoms with Gasteiger partial charge in [0.15, 0.2) is 10.4 Å². The lowest BCUT2D eigenvalue weighted by Gasteiger charge is -2.03. The number of hydrazone groups is 1. The van der Waals surface area contributed by atoms with Crippen LogP contribution in [0.1, 0.15) is 31.3 Å². The van der Waals surface area contributed by atoms with Gasteiger partial charge in [0.2, 0.25) is 0 Å². The fourth-order valence-corrected chi connectivity index (χ4v) is 1.07. The first-order valence-electron chi connectivity index (χ1n) is 4.60. The van der Waals surface area contributed by atoms with Crippen molar-refractivity contribution in [2.75, 3.05) is 0 Å². The molecule has 1 N–H and O–H groups in total. The highest BCUT2D eigenvalue weighted by Crippen LogP contribution is 2.13. The van der Waals surface area contributed by atoms with Crippen LogP contribution in [-0.2, 0) is 0 Å². The van der Waals surface area contributed by atoms with Gasteiger partial charge in [0, 0.05) is 5.71 Å². The Morgan fingerprint density at radius 3 is 2.67 bits per heavy atom. The lowest BCUT2D eigenvalue weighted by molar-refractivity contribution is 0.0925. The van der Waals surface area contributed by atoms with Crippen molar-refractivity contribution in [1.82, 2.24) is 5.43 Å². The third kappa shape index (κ3) is 3.51. The van der Waals surface area contributed by atoms with Crippen LogP contribution in [0.3, 0.4) is 0 Å². The molecule has 0 aliphatic heterocycles. The monoisotopic (exact) mass is 272 g/mol. The summed E-state index contributed by atoms with van der Waals surface area (Å²) in [6.45, 7) is 5.88. The Kier molecular flexibility index (Phi) is 4.08. The van der Waals surface area contributed by atoms with E-state index in [0.29, 0.717) is 10.6 Å². The van der Waals surface area contributed by atoms with Gasteiger partial charge in [0.25, 0.3) is 0 Å². The molecule has 1 heterocycles. The molecular weight excluding hydrogens is 260 g/mol. The number of carbonyl (C=O) groups is 1. The maximum absolute atomic E-state index is 11.5. The summed E-state index contributed by atoms with van der Waals surface area (Å²) in [6.07, 6.45) is 0. The summed E-state index contributed by atoms with van der Waals surface area (Å²) in [7, 11) is 0. The van der Waals surface area contributed by atoms with Gasteiger partial charge in [-0.3, -0.25) is 4.79 Å². The van der Waals surface area contributed by atoms with E-state index in [9.17, 15) is 4.79 Å². The molecule has 0 aliphatic carbocycles. The number of amides is 1. The van der Waals surface area contributed by atoms with Crippen molar-refractivity contribution in [2.45, 2.75) is 20.8 Å². The third-order valence-corrected chi connectivity index (χ3v) is 2.39. The molecule has 0 radical (unpaired) electrons. The Labute approximate surface area is 96.9 Å². The number of nitrogens with zero attached hydrogens (tertiary/aromatic N) is 1. The van der Waals surface area contributed by atoms with Gasteiger partial charge in [-0.2, -0.15) is 5.10 Å². The van der Waals surface area contributed by atoms with Crippen molar-refractivity contribution in [3.8, 4) is 0 Å². The van der Waals surface area contributed by atoms with Crippen LogP contribution >= 0.6 is 15.9 Å². The van der Waals surface area contributed by atoms with Crippen LogP contribution in [0.15, 0.2) is 26.3 Å². The number of carbonyl (C=O) groups excluding carboxylic acids is 1. The number of halogens is 1. The SMILES string of the molecule is C/C(=N\NC(=O)c1ccc(Br)o1)C(C)C. The Hall–Kier alpha value is -1.10. The molecule has 4 nitrogen and oxygen atoms in total. The van der Waals surface area contributed by atoms with Gasteiger partial charge in [0.1, 0.15) is 0 Å². The molecule has 0 fully saturated rings. The Bertz CT molecular complexity index is 383. The highest BCUT2D eigenvalue weighted by Gasteiger charge is 2.09. The van der Waals surface area contributed by atoms with E-state index in [0.717, 1.165) is 5.71 Å². The van der Waals surface area contributed by atoms with Crippen molar-refractivity contribution < 1.29 is 9.21 Å². The highest BCUT2D eigenvalue weighted by atomic mass is 79.9.